The molecule has 92 heavy (non-hydrogen) atoms. The molecule has 14 aromatic carbocycles. The van der Waals surface area contributed by atoms with Crippen molar-refractivity contribution in [3.63, 3.8) is 0 Å². The van der Waals surface area contributed by atoms with Gasteiger partial charge in [-0.1, -0.05) is 260 Å². The van der Waals surface area contributed by atoms with Crippen LogP contribution in [0.1, 0.15) is 52.7 Å². The second-order valence-electron chi connectivity index (χ2n) is 26.7. The van der Waals surface area contributed by atoms with Crippen LogP contribution in [0.2, 0.25) is 0 Å². The van der Waals surface area contributed by atoms with Gasteiger partial charge in [0.1, 0.15) is 11.2 Å². The van der Waals surface area contributed by atoms with E-state index in [1.807, 2.05) is 0 Å². The van der Waals surface area contributed by atoms with Gasteiger partial charge in [0, 0.05) is 44.3 Å². The third-order valence-corrected chi connectivity index (χ3v) is 19.0. The summed E-state index contributed by atoms with van der Waals surface area (Å²) in [5, 5.41) is 9.02. The summed E-state index contributed by atoms with van der Waals surface area (Å²) in [6, 6.07) is 107. The molecule has 440 valence electrons. The van der Waals surface area contributed by atoms with E-state index < -0.39 is 0 Å². The summed E-state index contributed by atoms with van der Waals surface area (Å²) in [5.74, 6) is 0. The Balaban J connectivity index is 1.01. The van der Waals surface area contributed by atoms with Crippen LogP contribution in [0.4, 0.5) is 34.1 Å². The smallest absolute Gasteiger partial charge is 0.159 e. The third-order valence-electron chi connectivity index (χ3n) is 19.0. The Labute approximate surface area is 536 Å². The van der Waals surface area contributed by atoms with Gasteiger partial charge in [0.15, 0.2) is 11.2 Å². The van der Waals surface area contributed by atoms with E-state index in [9.17, 15) is 0 Å². The van der Waals surface area contributed by atoms with Crippen molar-refractivity contribution in [1.29, 1.82) is 0 Å². The molecule has 17 rings (SSSR count). The first-order valence-corrected chi connectivity index (χ1v) is 32.1. The number of furan rings is 2. The monoisotopic (exact) mass is 1180 g/mol. The van der Waals surface area contributed by atoms with Crippen molar-refractivity contribution < 1.29 is 8.83 Å². The Morgan fingerprint density at radius 2 is 0.533 bits per heavy atom. The minimum absolute atomic E-state index is 0.102. The summed E-state index contributed by atoms with van der Waals surface area (Å²) < 4.78 is 13.9. The van der Waals surface area contributed by atoms with Crippen molar-refractivity contribution in [2.75, 3.05) is 9.80 Å². The van der Waals surface area contributed by atoms with Gasteiger partial charge in [-0.25, -0.2) is 0 Å². The highest BCUT2D eigenvalue weighted by molar-refractivity contribution is 6.33. The van der Waals surface area contributed by atoms with E-state index in [1.165, 1.54) is 66.4 Å². The van der Waals surface area contributed by atoms with E-state index in [1.54, 1.807) is 0 Å². The molecule has 1 aliphatic rings. The molecule has 16 aromatic rings. The maximum Gasteiger partial charge on any atom is 0.159 e. The Hall–Kier alpha value is -11.2. The van der Waals surface area contributed by atoms with E-state index in [4.69, 9.17) is 8.83 Å². The van der Waals surface area contributed by atoms with Gasteiger partial charge in [-0.05, 0) is 183 Å². The normalized spacial score (nSPS) is 12.2. The zero-order valence-electron chi connectivity index (χ0n) is 52.4. The fourth-order valence-corrected chi connectivity index (χ4v) is 14.7. The largest absolute Gasteiger partial charge is 0.454 e. The van der Waals surface area contributed by atoms with Gasteiger partial charge in [-0.3, -0.25) is 0 Å². The number of hydrogen-bond donors (Lipinski definition) is 0. The molecule has 0 spiro atoms. The van der Waals surface area contributed by atoms with Crippen molar-refractivity contribution >= 4 is 99.5 Å². The molecule has 2 aromatic heterocycles. The zero-order chi connectivity index (χ0) is 62.0. The van der Waals surface area contributed by atoms with Crippen molar-refractivity contribution in [1.82, 2.24) is 0 Å². The van der Waals surface area contributed by atoms with Gasteiger partial charge in [0.25, 0.3) is 0 Å². The van der Waals surface area contributed by atoms with Crippen LogP contribution < -0.4 is 9.80 Å². The molecule has 0 amide bonds. The van der Waals surface area contributed by atoms with Crippen LogP contribution in [0.15, 0.2) is 300 Å². The molecule has 0 bridgehead atoms. The molecule has 0 saturated heterocycles. The summed E-state index contributed by atoms with van der Waals surface area (Å²) in [7, 11) is 0. The second kappa shape index (κ2) is 21.2. The van der Waals surface area contributed by atoms with Gasteiger partial charge in [0.05, 0.1) is 11.4 Å². The first-order valence-electron chi connectivity index (χ1n) is 32.1. The average molecular weight is 1180 g/mol. The Morgan fingerprint density at radius 1 is 0.228 bits per heavy atom. The van der Waals surface area contributed by atoms with Crippen LogP contribution in [0.5, 0.6) is 0 Å². The standard InChI is InChI=1S/C88H66N2O2/c1-87(2,3)59-35-23-37-61(51-59)89(73-43-25-41-69-65-39-19-21-45-75(65)91-85(69)73)63-47-49-67-71(53-63)79(57-31-15-9-16-32-57)83-81(77(67)55-27-11-7-12-28-55)82-78(56-29-13-8-14-30-56)68-50-48-64(54-72(68)80(84(82)83)58-33-17-10-18-34-58)90(62-38-24-36-60(52-62)88(4,5)6)74-44-26-42-70-66-40-20-22-46-76(66)92-86(70)74/h7-54H,1-6H3. The molecule has 2 heterocycles. The van der Waals surface area contributed by atoms with E-state index >= 15 is 0 Å². The van der Waals surface area contributed by atoms with Crippen molar-refractivity contribution in [3.8, 4) is 66.8 Å². The molecule has 1 aliphatic carbocycles. The molecule has 0 N–H and O–H groups in total. The molecule has 0 unspecified atom stereocenters. The van der Waals surface area contributed by atoms with Crippen molar-refractivity contribution in [3.05, 3.63) is 302 Å². The van der Waals surface area contributed by atoms with E-state index in [0.29, 0.717) is 0 Å². The molecular weight excluding hydrogens is 1120 g/mol. The number of hydrogen-bond acceptors (Lipinski definition) is 4. The maximum atomic E-state index is 6.96. The SMILES string of the molecule is CC(C)(C)c1cccc(N(c2ccc3c(-c4ccccc4)c4c(c(-c5ccccc5)c3c2)-c2c-4c(-c3ccccc3)c3ccc(N(c4cccc(C(C)(C)C)c4)c4cccc5c4oc4ccccc45)cc3c2-c2ccccc2)c2cccc3c2oc2ccccc23)c1. The fourth-order valence-electron chi connectivity index (χ4n) is 14.7. The molecule has 0 fully saturated rings. The first kappa shape index (κ1) is 54.9. The molecule has 0 saturated carbocycles. The molecule has 4 heteroatoms. The molecule has 0 radical (unpaired) electrons. The van der Waals surface area contributed by atoms with Crippen molar-refractivity contribution in [2.24, 2.45) is 0 Å². The number of nitrogens with zero attached hydrogens (tertiary/aromatic N) is 2. The van der Waals surface area contributed by atoms with Crippen LogP contribution >= 0.6 is 0 Å². The fraction of sp³-hybridized carbons (Fsp3) is 0.0909. The lowest BCUT2D eigenvalue weighted by Gasteiger charge is -2.38. The lowest BCUT2D eigenvalue weighted by atomic mass is 9.65. The lowest BCUT2D eigenvalue weighted by molar-refractivity contribution is 0.590. The van der Waals surface area contributed by atoms with Crippen molar-refractivity contribution in [2.45, 2.75) is 52.4 Å². The molecule has 0 atom stereocenters. The van der Waals surface area contributed by atoms with Crippen LogP contribution in [-0.2, 0) is 10.8 Å². The van der Waals surface area contributed by atoms with Gasteiger partial charge < -0.3 is 18.6 Å². The Morgan fingerprint density at radius 3 is 0.891 bits per heavy atom. The molecular formula is C88H66N2O2. The lowest BCUT2D eigenvalue weighted by Crippen LogP contribution is -2.15. The third kappa shape index (κ3) is 8.80. The molecule has 0 aliphatic heterocycles. The summed E-state index contributed by atoms with van der Waals surface area (Å²) in [6.07, 6.45) is 0. The number of rotatable bonds is 10. The van der Waals surface area contributed by atoms with Crippen LogP contribution in [0.25, 0.3) is 132 Å². The van der Waals surface area contributed by atoms with Gasteiger partial charge in [-0.2, -0.15) is 0 Å². The highest BCUT2D eigenvalue weighted by Gasteiger charge is 2.39. The van der Waals surface area contributed by atoms with E-state index in [2.05, 4.69) is 343 Å². The minimum atomic E-state index is -0.102. The van der Waals surface area contributed by atoms with Gasteiger partial charge in [-0.15, -0.1) is 0 Å². The number of fused-ring (bicyclic) bond motifs is 12. The van der Waals surface area contributed by atoms with Gasteiger partial charge >= 0.3 is 0 Å². The predicted molar refractivity (Wildman–Crippen MR) is 389 cm³/mol. The van der Waals surface area contributed by atoms with Gasteiger partial charge in [0.2, 0.25) is 0 Å². The second-order valence-corrected chi connectivity index (χ2v) is 26.7. The number of para-hydroxylation sites is 4. The Kier molecular flexibility index (Phi) is 12.7. The minimum Gasteiger partial charge on any atom is -0.454 e. The number of anilines is 6. The Bertz CT molecular complexity index is 5240. The maximum absolute atomic E-state index is 6.96. The highest BCUT2D eigenvalue weighted by atomic mass is 16.3. The summed E-state index contributed by atoms with van der Waals surface area (Å²) in [4.78, 5) is 4.85. The topological polar surface area (TPSA) is 32.8 Å². The zero-order valence-corrected chi connectivity index (χ0v) is 52.4. The average Bonchev–Trinajstić information content (AvgIpc) is 0.772. The van der Waals surface area contributed by atoms with E-state index in [-0.39, 0.29) is 10.8 Å². The van der Waals surface area contributed by atoms with Crippen LogP contribution in [0.3, 0.4) is 0 Å². The number of benzene rings is 14. The molecule has 4 nitrogen and oxygen atoms in total. The summed E-state index contributed by atoms with van der Waals surface area (Å²) in [5.41, 5.74) is 26.2. The summed E-state index contributed by atoms with van der Waals surface area (Å²) in [6.45, 7) is 13.8. The van der Waals surface area contributed by atoms with Crippen LogP contribution in [0, 0.1) is 0 Å². The first-order chi connectivity index (χ1) is 44.9. The predicted octanol–water partition coefficient (Wildman–Crippen LogP) is 25.6. The quantitative estimate of drug-likeness (QED) is 0.137. The van der Waals surface area contributed by atoms with E-state index in [0.717, 1.165) is 111 Å². The van der Waals surface area contributed by atoms with Crippen LogP contribution in [-0.4, -0.2) is 0 Å². The summed E-state index contributed by atoms with van der Waals surface area (Å²) >= 11 is 0. The highest BCUT2D eigenvalue weighted by Crippen LogP contribution is 2.66.